The van der Waals surface area contributed by atoms with E-state index in [9.17, 15) is 0 Å². The Bertz CT molecular complexity index is 964. The molecule has 0 bridgehead atoms. The van der Waals surface area contributed by atoms with Crippen LogP contribution in [0.4, 0.5) is 11.4 Å². The van der Waals surface area contributed by atoms with Crippen LogP contribution in [-0.4, -0.2) is 7.05 Å². The van der Waals surface area contributed by atoms with E-state index in [1.807, 2.05) is 117 Å². The zero-order valence-corrected chi connectivity index (χ0v) is 23.5. The largest absolute Gasteiger partial charge is 0.398 e. The lowest BCUT2D eigenvalue weighted by molar-refractivity contribution is 1.50. The molecule has 2 heteroatoms. The van der Waals surface area contributed by atoms with Gasteiger partial charge < -0.3 is 11.1 Å². The Labute approximate surface area is 216 Å². The summed E-state index contributed by atoms with van der Waals surface area (Å²) in [6.07, 6.45) is 0. The average molecular weight is 473 g/mol. The smallest absolute Gasteiger partial charge is 0.0417 e. The molecule has 3 N–H and O–H groups in total. The number of benzene rings is 4. The molecular weight excluding hydrogens is 424 g/mol. The summed E-state index contributed by atoms with van der Waals surface area (Å²) in [5.41, 5.74) is 12.6. The van der Waals surface area contributed by atoms with Gasteiger partial charge >= 0.3 is 0 Å². The molecule has 0 aliphatic carbocycles. The molecule has 0 aliphatic heterocycles. The number of para-hydroxylation sites is 2. The molecule has 4 rings (SSSR count). The summed E-state index contributed by atoms with van der Waals surface area (Å²) < 4.78 is 0. The molecule has 4 aromatic rings. The maximum absolute atomic E-state index is 5.85. The fourth-order valence-electron chi connectivity index (χ4n) is 2.95. The van der Waals surface area contributed by atoms with Crippen molar-refractivity contribution in [2.45, 2.75) is 55.4 Å². The number of nitrogen functional groups attached to an aromatic ring is 1. The molecule has 0 fully saturated rings. The number of hydrogen-bond donors (Lipinski definition) is 2. The fraction of sp³-hybridized carbons (Fsp3) is 0.273. The Kier molecular flexibility index (Phi) is 22.7. The Morgan fingerprint density at radius 2 is 0.771 bits per heavy atom. The summed E-state index contributed by atoms with van der Waals surface area (Å²) in [5, 5.41) is 3.19. The van der Waals surface area contributed by atoms with Gasteiger partial charge in [0, 0.05) is 29.5 Å². The van der Waals surface area contributed by atoms with Crippen molar-refractivity contribution in [3.8, 4) is 22.3 Å². The number of anilines is 2. The predicted molar refractivity (Wildman–Crippen MR) is 163 cm³/mol. The van der Waals surface area contributed by atoms with Crippen molar-refractivity contribution in [2.24, 2.45) is 0 Å². The fourth-order valence-corrected chi connectivity index (χ4v) is 2.95. The molecule has 4 aromatic carbocycles. The maximum atomic E-state index is 5.85. The zero-order chi connectivity index (χ0) is 26.9. The van der Waals surface area contributed by atoms with Gasteiger partial charge in [0.1, 0.15) is 0 Å². The van der Waals surface area contributed by atoms with Crippen molar-refractivity contribution in [3.05, 3.63) is 109 Å². The average Bonchev–Trinajstić information content (AvgIpc) is 2.99. The normalized spacial score (nSPS) is 8.26. The van der Waals surface area contributed by atoms with Gasteiger partial charge in [0.2, 0.25) is 0 Å². The Balaban J connectivity index is 0. The molecule has 35 heavy (non-hydrogen) atoms. The molecule has 0 spiro atoms. The van der Waals surface area contributed by atoms with E-state index in [1.54, 1.807) is 0 Å². The minimum Gasteiger partial charge on any atom is -0.398 e. The molecule has 0 saturated carbocycles. The van der Waals surface area contributed by atoms with Crippen LogP contribution in [-0.2, 0) is 0 Å². The highest BCUT2D eigenvalue weighted by Crippen LogP contribution is 2.27. The molecule has 190 valence electrons. The van der Waals surface area contributed by atoms with Gasteiger partial charge in [-0.05, 0) is 23.3 Å². The van der Waals surface area contributed by atoms with Gasteiger partial charge in [-0.2, -0.15) is 0 Å². The molecule has 0 aliphatic rings. The number of rotatable bonds is 3. The molecule has 0 heterocycles. The molecule has 2 nitrogen and oxygen atoms in total. The van der Waals surface area contributed by atoms with Crippen LogP contribution in [0.1, 0.15) is 55.4 Å². The summed E-state index contributed by atoms with van der Waals surface area (Å²) in [6.45, 7) is 16.0. The van der Waals surface area contributed by atoms with E-state index in [-0.39, 0.29) is 0 Å². The van der Waals surface area contributed by atoms with Gasteiger partial charge in [0.15, 0.2) is 0 Å². The van der Waals surface area contributed by atoms with Crippen LogP contribution in [0, 0.1) is 0 Å². The summed E-state index contributed by atoms with van der Waals surface area (Å²) >= 11 is 0. The topological polar surface area (TPSA) is 38.0 Å². The van der Waals surface area contributed by atoms with Gasteiger partial charge in [-0.15, -0.1) is 0 Å². The second kappa shape index (κ2) is 23.6. The summed E-state index contributed by atoms with van der Waals surface area (Å²) in [7, 11) is 1.95. The minimum atomic E-state index is 0.828. The Morgan fingerprint density at radius 1 is 0.429 bits per heavy atom. The highest BCUT2D eigenvalue weighted by atomic mass is 14.8. The van der Waals surface area contributed by atoms with E-state index in [0.29, 0.717) is 0 Å². The van der Waals surface area contributed by atoms with Gasteiger partial charge in [0.25, 0.3) is 0 Å². The monoisotopic (exact) mass is 472 g/mol. The molecule has 0 amide bonds. The van der Waals surface area contributed by atoms with Crippen molar-refractivity contribution < 1.29 is 0 Å². The van der Waals surface area contributed by atoms with E-state index >= 15 is 0 Å². The van der Waals surface area contributed by atoms with Crippen LogP contribution in [0.5, 0.6) is 0 Å². The number of nitrogens with one attached hydrogen (secondary N) is 1. The first-order valence-corrected chi connectivity index (χ1v) is 13.0. The summed E-state index contributed by atoms with van der Waals surface area (Å²) in [5.74, 6) is 0. The summed E-state index contributed by atoms with van der Waals surface area (Å²) in [4.78, 5) is 0. The van der Waals surface area contributed by atoms with E-state index in [0.717, 1.165) is 11.3 Å². The molecular formula is C33H48N2. The minimum absolute atomic E-state index is 0.828. The molecule has 0 unspecified atom stereocenters. The quantitative estimate of drug-likeness (QED) is 0.291. The lowest BCUT2D eigenvalue weighted by Crippen LogP contribution is -1.90. The van der Waals surface area contributed by atoms with Crippen molar-refractivity contribution in [2.75, 3.05) is 18.1 Å². The number of nitrogens with two attached hydrogens (primary N) is 1. The van der Waals surface area contributed by atoms with Crippen LogP contribution < -0.4 is 11.1 Å². The molecule has 0 aromatic heterocycles. The second-order valence-corrected chi connectivity index (χ2v) is 6.11. The van der Waals surface area contributed by atoms with Crippen molar-refractivity contribution in [1.82, 2.24) is 0 Å². The maximum Gasteiger partial charge on any atom is 0.0417 e. The molecule has 0 saturated heterocycles. The first kappa shape index (κ1) is 33.7. The first-order chi connectivity index (χ1) is 17.3. The van der Waals surface area contributed by atoms with E-state index in [1.165, 1.54) is 22.4 Å². The van der Waals surface area contributed by atoms with Gasteiger partial charge in [-0.1, -0.05) is 152 Å². The molecule has 0 radical (unpaired) electrons. The highest BCUT2D eigenvalue weighted by molar-refractivity contribution is 5.77. The third-order valence-electron chi connectivity index (χ3n) is 4.33. The highest BCUT2D eigenvalue weighted by Gasteiger charge is 2.01. The molecule has 0 atom stereocenters. The summed E-state index contributed by atoms with van der Waals surface area (Å²) in [6, 6.07) is 36.8. The Morgan fingerprint density at radius 3 is 1.20 bits per heavy atom. The van der Waals surface area contributed by atoms with Crippen LogP contribution in [0.2, 0.25) is 0 Å². The second-order valence-electron chi connectivity index (χ2n) is 6.11. The van der Waals surface area contributed by atoms with Gasteiger partial charge in [-0.3, -0.25) is 0 Å². The SMILES string of the molecule is CC.CC.CC.CC.CNc1ccccc1-c1ccccc1.Nc1ccccc1-c1ccccc1. The first-order valence-electron chi connectivity index (χ1n) is 13.0. The van der Waals surface area contributed by atoms with Crippen molar-refractivity contribution in [3.63, 3.8) is 0 Å². The Hall–Kier alpha value is -3.52. The van der Waals surface area contributed by atoms with E-state index in [2.05, 4.69) is 59.9 Å². The lowest BCUT2D eigenvalue weighted by atomic mass is 10.0. The number of hydrogen-bond acceptors (Lipinski definition) is 2. The van der Waals surface area contributed by atoms with Gasteiger partial charge in [0.05, 0.1) is 0 Å². The van der Waals surface area contributed by atoms with Crippen LogP contribution >= 0.6 is 0 Å². The third-order valence-corrected chi connectivity index (χ3v) is 4.33. The standard InChI is InChI=1S/C13H13N.C12H11N.4C2H6/c1-14-13-10-6-5-9-12(13)11-7-3-2-4-8-11;13-12-9-5-4-8-11(12)10-6-2-1-3-7-10;4*1-2/h2-10,14H,1H3;1-9H,13H2;4*1-2H3. The lowest BCUT2D eigenvalue weighted by Gasteiger charge is -2.08. The zero-order valence-electron chi connectivity index (χ0n) is 23.5. The van der Waals surface area contributed by atoms with E-state index < -0.39 is 0 Å². The van der Waals surface area contributed by atoms with Crippen molar-refractivity contribution >= 4 is 11.4 Å². The van der Waals surface area contributed by atoms with Gasteiger partial charge in [-0.25, -0.2) is 0 Å². The van der Waals surface area contributed by atoms with Crippen LogP contribution in [0.25, 0.3) is 22.3 Å². The predicted octanol–water partition coefficient (Wildman–Crippen LogP) is 10.4. The van der Waals surface area contributed by atoms with E-state index in [4.69, 9.17) is 5.73 Å². The van der Waals surface area contributed by atoms with Crippen LogP contribution in [0.3, 0.4) is 0 Å². The third kappa shape index (κ3) is 12.5. The van der Waals surface area contributed by atoms with Crippen LogP contribution in [0.15, 0.2) is 109 Å². The van der Waals surface area contributed by atoms with Crippen molar-refractivity contribution in [1.29, 1.82) is 0 Å².